The van der Waals surface area contributed by atoms with Gasteiger partial charge in [0.25, 0.3) is 11.5 Å². The number of morpholine rings is 1. The fourth-order valence-electron chi connectivity index (χ4n) is 5.67. The van der Waals surface area contributed by atoms with Crippen molar-refractivity contribution >= 4 is 22.8 Å². The van der Waals surface area contributed by atoms with Crippen LogP contribution in [0.1, 0.15) is 41.3 Å². The molecule has 2 aliphatic rings. The lowest BCUT2D eigenvalue weighted by atomic mass is 10.1. The fraction of sp³-hybridized carbons (Fsp3) is 0.448. The molecular weight excluding hydrogens is 510 g/mol. The highest BCUT2D eigenvalue weighted by molar-refractivity contribution is 6.11. The maximum Gasteiger partial charge on any atom is 0.331 e. The van der Waals surface area contributed by atoms with Crippen LogP contribution >= 0.6 is 0 Å². The Kier molecular flexibility index (Phi) is 7.78. The van der Waals surface area contributed by atoms with Crippen molar-refractivity contribution in [1.82, 2.24) is 18.6 Å². The van der Waals surface area contributed by atoms with Gasteiger partial charge in [0.2, 0.25) is 0 Å². The number of piperidine rings is 1. The lowest BCUT2D eigenvalue weighted by Crippen LogP contribution is -2.45. The number of nitriles is 1. The number of hydrogen-bond donors (Lipinski definition) is 1. The molecule has 11 nitrogen and oxygen atoms in total. The number of amides is 1. The van der Waals surface area contributed by atoms with E-state index in [1.807, 2.05) is 0 Å². The first-order valence-electron chi connectivity index (χ1n) is 13.5. The summed E-state index contributed by atoms with van der Waals surface area (Å²) >= 11 is 0. The number of aromatic nitrogens is 3. The predicted octanol–water partition coefficient (Wildman–Crippen LogP) is 0.845. The van der Waals surface area contributed by atoms with Crippen molar-refractivity contribution in [3.05, 3.63) is 61.8 Å². The summed E-state index contributed by atoms with van der Waals surface area (Å²) in [5, 5.41) is 9.59. The molecule has 0 radical (unpaired) electrons. The van der Waals surface area contributed by atoms with Crippen LogP contribution in [0.3, 0.4) is 0 Å². The van der Waals surface area contributed by atoms with Gasteiger partial charge >= 0.3 is 5.69 Å². The second kappa shape index (κ2) is 11.4. The summed E-state index contributed by atoms with van der Waals surface area (Å²) in [5.41, 5.74) is 7.02. The van der Waals surface area contributed by atoms with Crippen molar-refractivity contribution in [1.29, 1.82) is 5.26 Å². The zero-order valence-electron chi connectivity index (χ0n) is 22.9. The van der Waals surface area contributed by atoms with E-state index in [0.717, 1.165) is 17.4 Å². The monoisotopic (exact) mass is 543 g/mol. The van der Waals surface area contributed by atoms with Crippen LogP contribution in [-0.4, -0.2) is 69.9 Å². The van der Waals surface area contributed by atoms with Crippen molar-refractivity contribution < 1.29 is 9.53 Å². The maximum atomic E-state index is 14.2. The van der Waals surface area contributed by atoms with E-state index in [0.29, 0.717) is 61.9 Å². The third-order valence-electron chi connectivity index (χ3n) is 7.66. The van der Waals surface area contributed by atoms with Crippen molar-refractivity contribution in [2.45, 2.75) is 38.9 Å². The number of nitrogens with two attached hydrogens (primary N) is 1. The molecule has 0 saturated carbocycles. The van der Waals surface area contributed by atoms with E-state index in [9.17, 15) is 19.6 Å². The van der Waals surface area contributed by atoms with Gasteiger partial charge in [0, 0.05) is 39.3 Å². The molecule has 2 aromatic heterocycles. The third-order valence-corrected chi connectivity index (χ3v) is 7.66. The largest absolute Gasteiger partial charge is 0.378 e. The molecule has 2 fully saturated rings. The summed E-state index contributed by atoms with van der Waals surface area (Å²) in [4.78, 5) is 45.9. The Labute approximate surface area is 231 Å². The molecule has 40 heavy (non-hydrogen) atoms. The number of fused-ring (bicyclic) bond motifs is 1. The van der Waals surface area contributed by atoms with Crippen LogP contribution in [0, 0.1) is 23.2 Å². The molecule has 2 N–H and O–H groups in total. The first kappa shape index (κ1) is 27.3. The first-order chi connectivity index (χ1) is 19.4. The number of hydrogen-bond acceptors (Lipinski definition) is 7. The predicted molar refractivity (Wildman–Crippen MR) is 151 cm³/mol. The summed E-state index contributed by atoms with van der Waals surface area (Å²) in [7, 11) is 1.58. The Bertz CT molecular complexity index is 1670. The van der Waals surface area contributed by atoms with Gasteiger partial charge in [-0.15, -0.1) is 5.92 Å². The minimum Gasteiger partial charge on any atom is -0.378 e. The zero-order chi connectivity index (χ0) is 28.4. The highest BCUT2D eigenvalue weighted by atomic mass is 16.5. The molecule has 0 bridgehead atoms. The van der Waals surface area contributed by atoms with E-state index in [2.05, 4.69) is 22.8 Å². The van der Waals surface area contributed by atoms with Crippen molar-refractivity contribution in [3.63, 3.8) is 0 Å². The van der Waals surface area contributed by atoms with Crippen LogP contribution in [0.4, 0.5) is 5.82 Å². The number of ether oxygens (including phenoxy) is 1. The molecule has 0 unspecified atom stereocenters. The van der Waals surface area contributed by atoms with Crippen LogP contribution in [-0.2, 0) is 24.9 Å². The van der Waals surface area contributed by atoms with Crippen LogP contribution in [0.25, 0.3) is 11.0 Å². The van der Waals surface area contributed by atoms with Gasteiger partial charge < -0.3 is 24.8 Å². The summed E-state index contributed by atoms with van der Waals surface area (Å²) < 4.78 is 9.75. The van der Waals surface area contributed by atoms with Crippen LogP contribution in [0.5, 0.6) is 0 Å². The molecule has 208 valence electrons. The number of benzene rings is 1. The summed E-state index contributed by atoms with van der Waals surface area (Å²) in [6.07, 6.45) is 1.70. The van der Waals surface area contributed by atoms with Crippen molar-refractivity contribution in [3.8, 4) is 17.9 Å². The second-order valence-electron chi connectivity index (χ2n) is 10.2. The first-order valence-corrected chi connectivity index (χ1v) is 13.5. The Morgan fingerprint density at radius 1 is 1.12 bits per heavy atom. The van der Waals surface area contributed by atoms with Gasteiger partial charge in [-0.25, -0.2) is 4.79 Å². The van der Waals surface area contributed by atoms with Gasteiger partial charge in [-0.05, 0) is 31.4 Å². The fourth-order valence-corrected chi connectivity index (χ4v) is 5.67. The van der Waals surface area contributed by atoms with E-state index in [1.165, 1.54) is 4.57 Å². The normalized spacial score (nSPS) is 17.4. The minimum atomic E-state index is -0.568. The van der Waals surface area contributed by atoms with Crippen LogP contribution in [0.15, 0.2) is 33.9 Å². The summed E-state index contributed by atoms with van der Waals surface area (Å²) in [6.45, 7) is 4.62. The minimum absolute atomic E-state index is 0.0769. The number of nitrogens with zero attached hydrogens (tertiary/aromatic N) is 6. The molecule has 4 heterocycles. The summed E-state index contributed by atoms with van der Waals surface area (Å²) in [6, 6.07) is 8.92. The van der Waals surface area contributed by atoms with Crippen molar-refractivity contribution in [2.24, 2.45) is 12.8 Å². The lowest BCUT2D eigenvalue weighted by molar-refractivity contribution is 0.0304. The van der Waals surface area contributed by atoms with E-state index in [4.69, 9.17) is 10.5 Å². The molecule has 3 aromatic rings. The Hall–Kier alpha value is -4.32. The average molecular weight is 544 g/mol. The Balaban J connectivity index is 1.83. The van der Waals surface area contributed by atoms with Crippen LogP contribution in [0.2, 0.25) is 0 Å². The zero-order valence-corrected chi connectivity index (χ0v) is 22.9. The van der Waals surface area contributed by atoms with Gasteiger partial charge in [0.15, 0.2) is 0 Å². The molecule has 11 heteroatoms. The highest BCUT2D eigenvalue weighted by Gasteiger charge is 2.35. The molecule has 0 spiro atoms. The molecule has 1 amide bonds. The molecule has 5 rings (SSSR count). The smallest absolute Gasteiger partial charge is 0.331 e. The second-order valence-corrected chi connectivity index (χ2v) is 10.2. The topological polar surface area (TPSA) is 132 Å². The molecule has 2 aliphatic heterocycles. The summed E-state index contributed by atoms with van der Waals surface area (Å²) in [5.74, 6) is 6.26. The van der Waals surface area contributed by atoms with Crippen LogP contribution < -0.4 is 21.9 Å². The third kappa shape index (κ3) is 4.79. The molecule has 1 aromatic carbocycles. The molecule has 2 saturated heterocycles. The quantitative estimate of drug-likeness (QED) is 0.472. The Morgan fingerprint density at radius 3 is 2.58 bits per heavy atom. The number of aryl methyl sites for hydroxylation is 1. The van der Waals surface area contributed by atoms with Gasteiger partial charge in [0.05, 0.1) is 43.5 Å². The van der Waals surface area contributed by atoms with Crippen molar-refractivity contribution in [2.75, 3.05) is 44.3 Å². The number of carbonyl (C=O) groups excluding carboxylic acids is 1. The lowest BCUT2D eigenvalue weighted by Gasteiger charge is -2.34. The molecular formula is C29H33N7O4. The maximum absolute atomic E-state index is 14.2. The van der Waals surface area contributed by atoms with Gasteiger partial charge in [-0.2, -0.15) is 5.26 Å². The standard InChI is InChI=1S/C29H33N7O4/c1-3-4-12-35-25-24(32(2)29(39)36(28(25)38)18-21-9-6-5-8-20(21)17-30)23(27(37)33-13-15-40-16-14-33)26(35)34-11-7-10-22(31)19-34/h5-6,8-9,22H,7,10-16,18-19,31H2,1-2H3/t22-/m1/s1. The van der Waals surface area contributed by atoms with Gasteiger partial charge in [0.1, 0.15) is 16.9 Å². The van der Waals surface area contributed by atoms with Gasteiger partial charge in [-0.3, -0.25) is 18.7 Å². The van der Waals surface area contributed by atoms with E-state index >= 15 is 0 Å². The average Bonchev–Trinajstić information content (AvgIpc) is 3.32. The SMILES string of the molecule is CC#CCn1c(N2CCC[C@@H](N)C2)c(C(=O)N2CCOCC2)c2c1c(=O)n(Cc1ccccc1C#N)c(=O)n2C. The van der Waals surface area contributed by atoms with E-state index in [1.54, 1.807) is 47.7 Å². The van der Waals surface area contributed by atoms with E-state index < -0.39 is 11.2 Å². The molecule has 0 aliphatic carbocycles. The molecule has 1 atom stereocenters. The number of rotatable bonds is 5. The van der Waals surface area contributed by atoms with Gasteiger partial charge in [-0.1, -0.05) is 24.1 Å². The number of carbonyl (C=O) groups is 1. The van der Waals surface area contributed by atoms with E-state index in [-0.39, 0.29) is 36.1 Å². The Morgan fingerprint density at radius 2 is 1.88 bits per heavy atom. The highest BCUT2D eigenvalue weighted by Crippen LogP contribution is 2.34. The number of anilines is 1.